The lowest BCUT2D eigenvalue weighted by molar-refractivity contribution is 1.18. The van der Waals surface area contributed by atoms with Gasteiger partial charge in [0.2, 0.25) is 0 Å². The quantitative estimate of drug-likeness (QED) is 0.576. The van der Waals surface area contributed by atoms with Crippen LogP contribution in [0, 0.1) is 0 Å². The molecule has 6 heteroatoms. The molecule has 1 heterocycles. The Labute approximate surface area is 83.4 Å². The summed E-state index contributed by atoms with van der Waals surface area (Å²) in [5.74, 6) is 0.718. The summed E-state index contributed by atoms with van der Waals surface area (Å²) < 4.78 is 0.711. The predicted octanol–water partition coefficient (Wildman–Crippen LogP) is 0.452. The highest BCUT2D eigenvalue weighted by atomic mass is 127. The summed E-state index contributed by atoms with van der Waals surface area (Å²) >= 11 is 2.03. The molecular formula is C6H8IN5. The van der Waals surface area contributed by atoms with E-state index in [1.807, 2.05) is 22.6 Å². The number of nitrogen functional groups attached to an aromatic ring is 2. The molecule has 1 rings (SSSR count). The second kappa shape index (κ2) is 3.65. The lowest BCUT2D eigenvalue weighted by atomic mass is 10.3. The van der Waals surface area contributed by atoms with Gasteiger partial charge in [0, 0.05) is 7.05 Å². The molecule has 0 aromatic carbocycles. The predicted molar refractivity (Wildman–Crippen MR) is 57.3 cm³/mol. The highest BCUT2D eigenvalue weighted by Crippen LogP contribution is 2.18. The van der Waals surface area contributed by atoms with Crippen molar-refractivity contribution in [1.29, 1.82) is 0 Å². The summed E-state index contributed by atoms with van der Waals surface area (Å²) in [4.78, 5) is 11.6. The highest BCUT2D eigenvalue weighted by molar-refractivity contribution is 14.1. The molecule has 0 unspecified atom stereocenters. The first-order valence-corrected chi connectivity index (χ1v) is 4.23. The Morgan fingerprint density at radius 3 is 2.33 bits per heavy atom. The van der Waals surface area contributed by atoms with Gasteiger partial charge in [0.15, 0.2) is 0 Å². The van der Waals surface area contributed by atoms with Gasteiger partial charge in [0.05, 0.1) is 5.56 Å². The van der Waals surface area contributed by atoms with Crippen LogP contribution in [-0.2, 0) is 0 Å². The van der Waals surface area contributed by atoms with Crippen molar-refractivity contribution in [1.82, 2.24) is 9.97 Å². The molecule has 5 nitrogen and oxygen atoms in total. The zero-order chi connectivity index (χ0) is 9.14. The van der Waals surface area contributed by atoms with Crippen LogP contribution in [0.4, 0.5) is 11.6 Å². The number of anilines is 2. The molecule has 1 aromatic rings. The van der Waals surface area contributed by atoms with Crippen LogP contribution in [0.1, 0.15) is 5.56 Å². The summed E-state index contributed by atoms with van der Waals surface area (Å²) in [6, 6.07) is 0. The molecular weight excluding hydrogens is 269 g/mol. The molecule has 64 valence electrons. The minimum atomic E-state index is 0.359. The lowest BCUT2D eigenvalue weighted by Gasteiger charge is -2.03. The van der Waals surface area contributed by atoms with Crippen molar-refractivity contribution in [3.8, 4) is 0 Å². The van der Waals surface area contributed by atoms with E-state index in [0.29, 0.717) is 20.9 Å². The molecule has 0 aliphatic carbocycles. The van der Waals surface area contributed by atoms with Crippen LogP contribution in [-0.4, -0.2) is 20.7 Å². The van der Waals surface area contributed by atoms with Crippen molar-refractivity contribution in [2.45, 2.75) is 0 Å². The molecule has 0 fully saturated rings. The number of nitrogens with zero attached hydrogens (tertiary/aromatic N) is 3. The maximum absolute atomic E-state index is 5.58. The van der Waals surface area contributed by atoms with Gasteiger partial charge in [-0.05, 0) is 22.6 Å². The van der Waals surface area contributed by atoms with E-state index in [0.717, 1.165) is 0 Å². The molecule has 0 aliphatic rings. The largest absolute Gasteiger partial charge is 0.383 e. The van der Waals surface area contributed by atoms with Crippen molar-refractivity contribution < 1.29 is 0 Å². The molecule has 0 bridgehead atoms. The first-order valence-electron chi connectivity index (χ1n) is 3.15. The summed E-state index contributed by atoms with van der Waals surface area (Å²) in [7, 11) is 1.66. The summed E-state index contributed by atoms with van der Waals surface area (Å²) in [6.07, 6.45) is 1.33. The Kier molecular flexibility index (Phi) is 2.79. The zero-order valence-electron chi connectivity index (χ0n) is 6.45. The smallest absolute Gasteiger partial charge is 0.138 e. The first kappa shape index (κ1) is 9.17. The van der Waals surface area contributed by atoms with Crippen LogP contribution < -0.4 is 11.5 Å². The third-order valence-corrected chi connectivity index (χ3v) is 2.33. The average molecular weight is 277 g/mol. The summed E-state index contributed by atoms with van der Waals surface area (Å²) in [5.41, 5.74) is 11.8. The number of nitrogens with two attached hydrogens (primary N) is 2. The van der Waals surface area contributed by atoms with Crippen LogP contribution >= 0.6 is 22.6 Å². The zero-order valence-corrected chi connectivity index (χ0v) is 8.61. The fraction of sp³-hybridized carbons (Fsp3) is 0.167. The van der Waals surface area contributed by atoms with E-state index in [-0.39, 0.29) is 0 Å². The van der Waals surface area contributed by atoms with Gasteiger partial charge >= 0.3 is 0 Å². The standard InChI is InChI=1S/C6H8IN5/c1-10-4(7)3-5(8)11-2-12-6(3)9/h2H,1H3,(H4,8,9,11,12). The van der Waals surface area contributed by atoms with Crippen LogP contribution in [0.3, 0.4) is 0 Å². The monoisotopic (exact) mass is 277 g/mol. The molecule has 4 N–H and O–H groups in total. The number of hydrogen-bond donors (Lipinski definition) is 2. The second-order valence-electron chi connectivity index (χ2n) is 2.03. The third kappa shape index (κ3) is 1.63. The Morgan fingerprint density at radius 1 is 1.42 bits per heavy atom. The fourth-order valence-corrected chi connectivity index (χ4v) is 1.29. The lowest BCUT2D eigenvalue weighted by Crippen LogP contribution is -2.07. The SMILES string of the molecule is CN=C(I)c1c(N)ncnc1N. The van der Waals surface area contributed by atoms with Crippen molar-refractivity contribution in [3.05, 3.63) is 11.9 Å². The van der Waals surface area contributed by atoms with Gasteiger partial charge in [-0.1, -0.05) is 0 Å². The van der Waals surface area contributed by atoms with Crippen molar-refractivity contribution in [2.75, 3.05) is 18.5 Å². The Hall–Kier alpha value is -0.920. The van der Waals surface area contributed by atoms with Crippen LogP contribution in [0.5, 0.6) is 0 Å². The molecule has 0 spiro atoms. The van der Waals surface area contributed by atoms with Gasteiger partial charge in [-0.2, -0.15) is 0 Å². The molecule has 0 saturated carbocycles. The summed E-state index contributed by atoms with van der Waals surface area (Å²) in [6.45, 7) is 0. The van der Waals surface area contributed by atoms with Crippen LogP contribution in [0.25, 0.3) is 0 Å². The molecule has 0 atom stereocenters. The maximum Gasteiger partial charge on any atom is 0.138 e. The van der Waals surface area contributed by atoms with Crippen molar-refractivity contribution >= 4 is 37.9 Å². The van der Waals surface area contributed by atoms with Crippen LogP contribution in [0.2, 0.25) is 0 Å². The van der Waals surface area contributed by atoms with Gasteiger partial charge in [0.1, 0.15) is 21.7 Å². The maximum atomic E-state index is 5.58. The Balaban J connectivity index is 3.31. The molecule has 12 heavy (non-hydrogen) atoms. The van der Waals surface area contributed by atoms with E-state index in [1.54, 1.807) is 7.05 Å². The minimum Gasteiger partial charge on any atom is -0.383 e. The summed E-state index contributed by atoms with van der Waals surface area (Å²) in [5, 5.41) is 0. The van der Waals surface area contributed by atoms with Gasteiger partial charge in [-0.15, -0.1) is 0 Å². The van der Waals surface area contributed by atoms with E-state index in [2.05, 4.69) is 15.0 Å². The Morgan fingerprint density at radius 2 is 1.92 bits per heavy atom. The number of aliphatic imine (C=N–C) groups is 1. The topological polar surface area (TPSA) is 90.2 Å². The number of rotatable bonds is 1. The van der Waals surface area contributed by atoms with Gasteiger partial charge in [-0.25, -0.2) is 9.97 Å². The Bertz CT molecular complexity index is 301. The average Bonchev–Trinajstić information content (AvgIpc) is 2.03. The van der Waals surface area contributed by atoms with Crippen molar-refractivity contribution in [2.24, 2.45) is 4.99 Å². The van der Waals surface area contributed by atoms with Crippen molar-refractivity contribution in [3.63, 3.8) is 0 Å². The number of aromatic nitrogens is 2. The van der Waals surface area contributed by atoms with Crippen LogP contribution in [0.15, 0.2) is 11.3 Å². The van der Waals surface area contributed by atoms with E-state index >= 15 is 0 Å². The normalized spacial score (nSPS) is 11.7. The fourth-order valence-electron chi connectivity index (χ4n) is 0.737. The first-order chi connectivity index (χ1) is 5.66. The molecule has 0 radical (unpaired) electrons. The number of halogens is 1. The van der Waals surface area contributed by atoms with Gasteiger partial charge < -0.3 is 11.5 Å². The van der Waals surface area contributed by atoms with E-state index < -0.39 is 0 Å². The van der Waals surface area contributed by atoms with Gasteiger partial charge in [-0.3, -0.25) is 4.99 Å². The van der Waals surface area contributed by atoms with Gasteiger partial charge in [0.25, 0.3) is 0 Å². The van der Waals surface area contributed by atoms with E-state index in [9.17, 15) is 0 Å². The molecule has 0 aliphatic heterocycles. The second-order valence-corrected chi connectivity index (χ2v) is 3.06. The number of hydrogen-bond acceptors (Lipinski definition) is 5. The third-order valence-electron chi connectivity index (χ3n) is 1.31. The minimum absolute atomic E-state index is 0.359. The van der Waals surface area contributed by atoms with E-state index in [4.69, 9.17) is 11.5 Å². The van der Waals surface area contributed by atoms with E-state index in [1.165, 1.54) is 6.33 Å². The molecule has 1 aromatic heterocycles. The highest BCUT2D eigenvalue weighted by Gasteiger charge is 2.09. The molecule has 0 amide bonds. The molecule has 0 saturated heterocycles.